The van der Waals surface area contributed by atoms with E-state index in [9.17, 15) is 0 Å². The predicted octanol–water partition coefficient (Wildman–Crippen LogP) is 3.33. The second-order valence-corrected chi connectivity index (χ2v) is 5.63. The van der Waals surface area contributed by atoms with Gasteiger partial charge in [-0.05, 0) is 30.5 Å². The normalized spacial score (nSPS) is 12.6. The topological polar surface area (TPSA) is 56.7 Å². The van der Waals surface area contributed by atoms with Gasteiger partial charge in [0.15, 0.2) is 5.82 Å². The summed E-state index contributed by atoms with van der Waals surface area (Å²) in [6.07, 6.45) is 3.45. The molecule has 21 heavy (non-hydrogen) atoms. The maximum atomic E-state index is 6.44. The molecule has 0 aliphatic rings. The SMILES string of the molecule is CCc1nc(CC)n(-c2ccc(CC(N)CC)cc2Cl)n1. The van der Waals surface area contributed by atoms with Crippen molar-refractivity contribution in [3.63, 3.8) is 0 Å². The van der Waals surface area contributed by atoms with Crippen molar-refractivity contribution in [1.82, 2.24) is 14.8 Å². The van der Waals surface area contributed by atoms with E-state index in [1.807, 2.05) is 16.8 Å². The van der Waals surface area contributed by atoms with Crippen LogP contribution < -0.4 is 5.73 Å². The number of hydrogen-bond acceptors (Lipinski definition) is 3. The Morgan fingerprint density at radius 1 is 1.24 bits per heavy atom. The van der Waals surface area contributed by atoms with Crippen LogP contribution in [-0.2, 0) is 19.3 Å². The monoisotopic (exact) mass is 306 g/mol. The Labute approximate surface area is 131 Å². The molecule has 0 aliphatic carbocycles. The zero-order valence-corrected chi connectivity index (χ0v) is 13.7. The van der Waals surface area contributed by atoms with Gasteiger partial charge in [0.2, 0.25) is 0 Å². The van der Waals surface area contributed by atoms with Gasteiger partial charge in [-0.15, -0.1) is 0 Å². The Bertz CT molecular complexity index is 606. The van der Waals surface area contributed by atoms with E-state index >= 15 is 0 Å². The van der Waals surface area contributed by atoms with Gasteiger partial charge in [-0.1, -0.05) is 38.4 Å². The van der Waals surface area contributed by atoms with Gasteiger partial charge < -0.3 is 5.73 Å². The van der Waals surface area contributed by atoms with Gasteiger partial charge in [-0.2, -0.15) is 5.10 Å². The molecule has 1 aromatic heterocycles. The van der Waals surface area contributed by atoms with Crippen LogP contribution in [0.5, 0.6) is 0 Å². The lowest BCUT2D eigenvalue weighted by molar-refractivity contribution is 0.646. The highest BCUT2D eigenvalue weighted by Crippen LogP contribution is 2.23. The number of hydrogen-bond donors (Lipinski definition) is 1. The molecule has 1 atom stereocenters. The second kappa shape index (κ2) is 7.05. The summed E-state index contributed by atoms with van der Waals surface area (Å²) < 4.78 is 1.85. The van der Waals surface area contributed by atoms with Crippen LogP contribution in [0.3, 0.4) is 0 Å². The summed E-state index contributed by atoms with van der Waals surface area (Å²) >= 11 is 6.44. The summed E-state index contributed by atoms with van der Waals surface area (Å²) in [6.45, 7) is 6.22. The Kier molecular flexibility index (Phi) is 5.37. The molecule has 2 N–H and O–H groups in total. The minimum absolute atomic E-state index is 0.177. The first kappa shape index (κ1) is 16.0. The fourth-order valence-electron chi connectivity index (χ4n) is 2.26. The lowest BCUT2D eigenvalue weighted by Gasteiger charge is -2.11. The minimum atomic E-state index is 0.177. The summed E-state index contributed by atoms with van der Waals surface area (Å²) in [5, 5.41) is 5.23. The van der Waals surface area contributed by atoms with E-state index in [0.717, 1.165) is 48.6 Å². The van der Waals surface area contributed by atoms with Crippen molar-refractivity contribution in [1.29, 1.82) is 0 Å². The van der Waals surface area contributed by atoms with E-state index in [2.05, 4.69) is 36.9 Å². The van der Waals surface area contributed by atoms with E-state index in [1.165, 1.54) is 0 Å². The third-order valence-corrected chi connectivity index (χ3v) is 3.92. The Hall–Kier alpha value is -1.39. The molecule has 0 amide bonds. The average molecular weight is 307 g/mol. The number of benzene rings is 1. The molecule has 114 valence electrons. The summed E-state index contributed by atoms with van der Waals surface area (Å²) in [5.74, 6) is 1.78. The zero-order chi connectivity index (χ0) is 15.4. The quantitative estimate of drug-likeness (QED) is 0.890. The van der Waals surface area contributed by atoms with Crippen LogP contribution in [0.25, 0.3) is 5.69 Å². The van der Waals surface area contributed by atoms with E-state index in [4.69, 9.17) is 17.3 Å². The first-order valence-electron chi connectivity index (χ1n) is 7.58. The molecule has 0 radical (unpaired) electrons. The maximum Gasteiger partial charge on any atom is 0.151 e. The molecule has 2 rings (SSSR count). The molecule has 0 fully saturated rings. The van der Waals surface area contributed by atoms with Gasteiger partial charge in [0.25, 0.3) is 0 Å². The van der Waals surface area contributed by atoms with E-state index in [0.29, 0.717) is 5.02 Å². The van der Waals surface area contributed by atoms with Crippen LogP contribution in [-0.4, -0.2) is 20.8 Å². The van der Waals surface area contributed by atoms with E-state index in [1.54, 1.807) is 0 Å². The highest BCUT2D eigenvalue weighted by atomic mass is 35.5. The smallest absolute Gasteiger partial charge is 0.151 e. The van der Waals surface area contributed by atoms with Crippen molar-refractivity contribution in [3.05, 3.63) is 40.4 Å². The number of aryl methyl sites for hydroxylation is 2. The van der Waals surface area contributed by atoms with Crippen molar-refractivity contribution >= 4 is 11.6 Å². The van der Waals surface area contributed by atoms with Crippen LogP contribution >= 0.6 is 11.6 Å². The molecule has 4 nitrogen and oxygen atoms in total. The molecule has 1 aromatic carbocycles. The van der Waals surface area contributed by atoms with Gasteiger partial charge in [0.05, 0.1) is 10.7 Å². The molecule has 1 unspecified atom stereocenters. The lowest BCUT2D eigenvalue weighted by atomic mass is 10.0. The molecule has 2 aromatic rings. The van der Waals surface area contributed by atoms with Crippen molar-refractivity contribution in [2.24, 2.45) is 5.73 Å². The van der Waals surface area contributed by atoms with Gasteiger partial charge in [-0.3, -0.25) is 0 Å². The van der Waals surface area contributed by atoms with E-state index < -0.39 is 0 Å². The van der Waals surface area contributed by atoms with Gasteiger partial charge in [0, 0.05) is 18.9 Å². The number of aromatic nitrogens is 3. The lowest BCUT2D eigenvalue weighted by Crippen LogP contribution is -2.21. The molecule has 0 saturated carbocycles. The maximum absolute atomic E-state index is 6.44. The van der Waals surface area contributed by atoms with E-state index in [-0.39, 0.29) is 6.04 Å². The summed E-state index contributed by atoms with van der Waals surface area (Å²) in [6, 6.07) is 6.24. The fourth-order valence-corrected chi connectivity index (χ4v) is 2.54. The summed E-state index contributed by atoms with van der Waals surface area (Å²) in [7, 11) is 0. The summed E-state index contributed by atoms with van der Waals surface area (Å²) in [4.78, 5) is 4.52. The van der Waals surface area contributed by atoms with Gasteiger partial charge in [0.1, 0.15) is 5.82 Å². The van der Waals surface area contributed by atoms with Crippen molar-refractivity contribution in [3.8, 4) is 5.69 Å². The fraction of sp³-hybridized carbons (Fsp3) is 0.500. The number of nitrogens with two attached hydrogens (primary N) is 1. The number of rotatable bonds is 6. The Morgan fingerprint density at radius 3 is 2.57 bits per heavy atom. The third-order valence-electron chi connectivity index (χ3n) is 3.61. The zero-order valence-electron chi connectivity index (χ0n) is 12.9. The van der Waals surface area contributed by atoms with Crippen LogP contribution in [0.4, 0.5) is 0 Å². The largest absolute Gasteiger partial charge is 0.327 e. The molecule has 0 aliphatic heterocycles. The van der Waals surface area contributed by atoms with Gasteiger partial charge >= 0.3 is 0 Å². The molecule has 0 saturated heterocycles. The highest BCUT2D eigenvalue weighted by molar-refractivity contribution is 6.32. The Balaban J connectivity index is 2.34. The Morgan fingerprint density at radius 2 is 2.00 bits per heavy atom. The molecular weight excluding hydrogens is 284 g/mol. The predicted molar refractivity (Wildman–Crippen MR) is 87.1 cm³/mol. The number of nitrogens with zero attached hydrogens (tertiary/aromatic N) is 3. The first-order chi connectivity index (χ1) is 10.1. The first-order valence-corrected chi connectivity index (χ1v) is 7.95. The number of halogens is 1. The summed E-state index contributed by atoms with van der Waals surface area (Å²) in [5.41, 5.74) is 8.04. The third kappa shape index (κ3) is 3.63. The molecule has 5 heteroatoms. The molecule has 0 bridgehead atoms. The van der Waals surface area contributed by atoms with Gasteiger partial charge in [-0.25, -0.2) is 9.67 Å². The molecule has 0 spiro atoms. The standard InChI is InChI=1S/C16H23ClN4/c1-4-12(18)9-11-7-8-14(13(17)10-11)21-16(6-3)19-15(5-2)20-21/h7-8,10,12H,4-6,9,18H2,1-3H3. The van der Waals surface area contributed by atoms with Crippen LogP contribution in [0, 0.1) is 0 Å². The molecule has 1 heterocycles. The van der Waals surface area contributed by atoms with Crippen molar-refractivity contribution in [2.45, 2.75) is 52.5 Å². The highest BCUT2D eigenvalue weighted by Gasteiger charge is 2.13. The molecular formula is C16H23ClN4. The van der Waals surface area contributed by atoms with Crippen molar-refractivity contribution < 1.29 is 0 Å². The van der Waals surface area contributed by atoms with Crippen LogP contribution in [0.15, 0.2) is 18.2 Å². The second-order valence-electron chi connectivity index (χ2n) is 5.22. The van der Waals surface area contributed by atoms with Crippen LogP contribution in [0.2, 0.25) is 5.02 Å². The average Bonchev–Trinajstić information content (AvgIpc) is 2.90. The minimum Gasteiger partial charge on any atom is -0.327 e. The van der Waals surface area contributed by atoms with Crippen molar-refractivity contribution in [2.75, 3.05) is 0 Å². The van der Waals surface area contributed by atoms with Crippen LogP contribution in [0.1, 0.15) is 44.4 Å².